The first-order valence-electron chi connectivity index (χ1n) is 10.4. The van der Waals surface area contributed by atoms with Gasteiger partial charge in [0.1, 0.15) is 11.6 Å². The molecule has 0 aliphatic carbocycles. The number of methoxy groups -OCH3 is 1. The van der Waals surface area contributed by atoms with Gasteiger partial charge in [0.15, 0.2) is 0 Å². The molecule has 0 aliphatic heterocycles. The first-order valence-corrected chi connectivity index (χ1v) is 11.7. The second kappa shape index (κ2) is 10.0. The van der Waals surface area contributed by atoms with Gasteiger partial charge in [0.2, 0.25) is 0 Å². The number of ether oxygens (including phenoxy) is 1. The SMILES string of the molecule is COc1cc(-c2cnc(C(CCCCl)c3ccc(Cl)c(Cl)c3)[nH]2)ccc1-c1ccc(C)[nH]1. The molecule has 2 aromatic carbocycles. The van der Waals surface area contributed by atoms with Crippen LogP contribution < -0.4 is 4.74 Å². The molecule has 2 aromatic heterocycles. The molecule has 166 valence electrons. The fourth-order valence-corrected chi connectivity index (χ4v) is 4.34. The van der Waals surface area contributed by atoms with Crippen LogP contribution in [0, 0.1) is 6.92 Å². The van der Waals surface area contributed by atoms with Gasteiger partial charge in [-0.15, -0.1) is 11.6 Å². The molecule has 4 aromatic rings. The highest BCUT2D eigenvalue weighted by Gasteiger charge is 2.19. The van der Waals surface area contributed by atoms with Crippen LogP contribution in [0.3, 0.4) is 0 Å². The maximum atomic E-state index is 6.28. The minimum atomic E-state index is 0.0420. The fourth-order valence-electron chi connectivity index (χ4n) is 3.87. The summed E-state index contributed by atoms with van der Waals surface area (Å²) in [6.07, 6.45) is 3.57. The minimum Gasteiger partial charge on any atom is -0.496 e. The number of halogens is 3. The van der Waals surface area contributed by atoms with Gasteiger partial charge in [-0.25, -0.2) is 4.98 Å². The lowest BCUT2D eigenvalue weighted by molar-refractivity contribution is 0.416. The van der Waals surface area contributed by atoms with Crippen LogP contribution in [0.1, 0.15) is 35.8 Å². The van der Waals surface area contributed by atoms with E-state index in [2.05, 4.69) is 28.2 Å². The van der Waals surface area contributed by atoms with Crippen molar-refractivity contribution in [2.45, 2.75) is 25.7 Å². The summed E-state index contributed by atoms with van der Waals surface area (Å²) in [5.41, 5.74) is 6.12. The van der Waals surface area contributed by atoms with Gasteiger partial charge in [-0.2, -0.15) is 0 Å². The molecule has 0 aliphatic rings. The average Bonchev–Trinajstić information content (AvgIpc) is 3.45. The third kappa shape index (κ3) is 4.83. The van der Waals surface area contributed by atoms with Gasteiger partial charge < -0.3 is 14.7 Å². The summed E-state index contributed by atoms with van der Waals surface area (Å²) in [4.78, 5) is 11.5. The first-order chi connectivity index (χ1) is 15.5. The number of H-pyrrole nitrogens is 2. The van der Waals surface area contributed by atoms with E-state index in [4.69, 9.17) is 44.5 Å². The summed E-state index contributed by atoms with van der Waals surface area (Å²) in [5, 5.41) is 1.07. The predicted octanol–water partition coefficient (Wildman–Crippen LogP) is 7.85. The van der Waals surface area contributed by atoms with Crippen LogP contribution in [-0.4, -0.2) is 27.9 Å². The van der Waals surface area contributed by atoms with Gasteiger partial charge in [0.25, 0.3) is 0 Å². The topological polar surface area (TPSA) is 53.7 Å². The summed E-state index contributed by atoms with van der Waals surface area (Å²) < 4.78 is 5.68. The molecule has 0 radical (unpaired) electrons. The maximum Gasteiger partial charge on any atom is 0.128 e. The number of aromatic amines is 2. The largest absolute Gasteiger partial charge is 0.496 e. The molecule has 1 unspecified atom stereocenters. The van der Waals surface area contributed by atoms with Crippen molar-refractivity contribution in [1.29, 1.82) is 0 Å². The number of aromatic nitrogens is 3. The van der Waals surface area contributed by atoms with E-state index >= 15 is 0 Å². The summed E-state index contributed by atoms with van der Waals surface area (Å²) in [7, 11) is 1.68. The Morgan fingerprint density at radius 3 is 2.50 bits per heavy atom. The van der Waals surface area contributed by atoms with Crippen molar-refractivity contribution >= 4 is 34.8 Å². The Morgan fingerprint density at radius 1 is 0.969 bits per heavy atom. The van der Waals surface area contributed by atoms with E-state index in [9.17, 15) is 0 Å². The molecule has 0 fully saturated rings. The molecular formula is C25H24Cl3N3O. The van der Waals surface area contributed by atoms with E-state index < -0.39 is 0 Å². The lowest BCUT2D eigenvalue weighted by atomic mass is 9.94. The molecule has 2 heterocycles. The molecule has 1 atom stereocenters. The summed E-state index contributed by atoms with van der Waals surface area (Å²) >= 11 is 18.4. The Morgan fingerprint density at radius 2 is 1.81 bits per heavy atom. The average molecular weight is 489 g/mol. The van der Waals surface area contributed by atoms with Crippen LogP contribution in [0.15, 0.2) is 54.7 Å². The zero-order chi connectivity index (χ0) is 22.7. The zero-order valence-corrected chi connectivity index (χ0v) is 20.2. The summed E-state index contributed by atoms with van der Waals surface area (Å²) in [6.45, 7) is 2.03. The second-order valence-corrected chi connectivity index (χ2v) is 8.90. The molecule has 32 heavy (non-hydrogen) atoms. The molecule has 0 spiro atoms. The van der Waals surface area contributed by atoms with Crippen LogP contribution in [0.25, 0.3) is 22.5 Å². The van der Waals surface area contributed by atoms with E-state index in [-0.39, 0.29) is 5.92 Å². The Kier molecular flexibility index (Phi) is 7.14. The van der Waals surface area contributed by atoms with Crippen molar-refractivity contribution in [1.82, 2.24) is 15.0 Å². The van der Waals surface area contributed by atoms with Gasteiger partial charge in [-0.3, -0.25) is 0 Å². The number of benzene rings is 2. The zero-order valence-electron chi connectivity index (χ0n) is 17.9. The van der Waals surface area contributed by atoms with Gasteiger partial charge in [-0.1, -0.05) is 35.3 Å². The smallest absolute Gasteiger partial charge is 0.128 e. The van der Waals surface area contributed by atoms with Crippen LogP contribution in [0.2, 0.25) is 10.0 Å². The van der Waals surface area contributed by atoms with Crippen molar-refractivity contribution in [3.8, 4) is 28.3 Å². The lowest BCUT2D eigenvalue weighted by Gasteiger charge is -2.15. The van der Waals surface area contributed by atoms with Gasteiger partial charge >= 0.3 is 0 Å². The second-order valence-electron chi connectivity index (χ2n) is 7.71. The van der Waals surface area contributed by atoms with Crippen LogP contribution in [0.5, 0.6) is 5.75 Å². The monoisotopic (exact) mass is 487 g/mol. The molecule has 0 bridgehead atoms. The number of aryl methyl sites for hydroxylation is 1. The van der Waals surface area contributed by atoms with Crippen molar-refractivity contribution in [3.05, 3.63) is 81.9 Å². The number of alkyl halides is 1. The van der Waals surface area contributed by atoms with Gasteiger partial charge in [-0.05, 0) is 61.7 Å². The third-order valence-corrected chi connectivity index (χ3v) is 6.54. The molecule has 0 amide bonds. The highest BCUT2D eigenvalue weighted by Crippen LogP contribution is 2.36. The summed E-state index contributed by atoms with van der Waals surface area (Å²) in [6, 6.07) is 16.0. The molecule has 4 rings (SSSR count). The predicted molar refractivity (Wildman–Crippen MR) is 133 cm³/mol. The molecule has 0 saturated carbocycles. The fraction of sp³-hybridized carbons (Fsp3) is 0.240. The van der Waals surface area contributed by atoms with E-state index in [0.717, 1.165) is 58.2 Å². The van der Waals surface area contributed by atoms with Crippen molar-refractivity contribution < 1.29 is 4.74 Å². The van der Waals surface area contributed by atoms with Gasteiger partial charge in [0.05, 0.1) is 29.0 Å². The molecule has 0 saturated heterocycles. The highest BCUT2D eigenvalue weighted by molar-refractivity contribution is 6.42. The minimum absolute atomic E-state index is 0.0420. The Labute approximate surface area is 202 Å². The van der Waals surface area contributed by atoms with Crippen molar-refractivity contribution in [2.24, 2.45) is 0 Å². The van der Waals surface area contributed by atoms with Crippen LogP contribution in [0.4, 0.5) is 0 Å². The molecular weight excluding hydrogens is 465 g/mol. The Hall–Kier alpha value is -2.40. The molecule has 4 nitrogen and oxygen atoms in total. The Balaban J connectivity index is 1.67. The normalized spacial score (nSPS) is 12.2. The third-order valence-electron chi connectivity index (χ3n) is 5.53. The van der Waals surface area contributed by atoms with E-state index in [0.29, 0.717) is 15.9 Å². The number of rotatable bonds is 8. The van der Waals surface area contributed by atoms with E-state index in [1.54, 1.807) is 7.11 Å². The first kappa shape index (κ1) is 22.8. The van der Waals surface area contributed by atoms with E-state index in [1.807, 2.05) is 43.5 Å². The lowest BCUT2D eigenvalue weighted by Crippen LogP contribution is -2.04. The van der Waals surface area contributed by atoms with E-state index in [1.165, 1.54) is 0 Å². The molecule has 7 heteroatoms. The Bertz CT molecular complexity index is 1210. The highest BCUT2D eigenvalue weighted by atomic mass is 35.5. The number of hydrogen-bond acceptors (Lipinski definition) is 2. The number of nitrogens with zero attached hydrogens (tertiary/aromatic N) is 1. The standard InChI is InChI=1S/C25H24Cl3N3O/c1-15-5-10-22(30-15)19-8-6-17(13-24(19)32-2)23-14-29-25(31-23)18(4-3-11-26)16-7-9-20(27)21(28)12-16/h5-10,12-14,18,30H,3-4,11H2,1-2H3,(H,29,31). The van der Waals surface area contributed by atoms with Crippen LogP contribution in [-0.2, 0) is 0 Å². The van der Waals surface area contributed by atoms with Gasteiger partial charge in [0, 0.05) is 34.3 Å². The van der Waals surface area contributed by atoms with Crippen molar-refractivity contribution in [3.63, 3.8) is 0 Å². The number of nitrogens with one attached hydrogen (secondary N) is 2. The quantitative estimate of drug-likeness (QED) is 0.248. The number of hydrogen-bond donors (Lipinski definition) is 2. The molecule has 2 N–H and O–H groups in total. The maximum absolute atomic E-state index is 6.28. The number of imidazole rings is 1. The summed E-state index contributed by atoms with van der Waals surface area (Å²) in [5.74, 6) is 2.29. The van der Waals surface area contributed by atoms with Crippen LogP contribution >= 0.6 is 34.8 Å². The van der Waals surface area contributed by atoms with Crippen molar-refractivity contribution in [2.75, 3.05) is 13.0 Å².